The molecule has 3 aliphatic heterocycles. The van der Waals surface area contributed by atoms with Crippen molar-refractivity contribution in [2.24, 2.45) is 5.73 Å². The molecule has 39 heteroatoms. The first-order valence-corrected chi connectivity index (χ1v) is 51.9. The number of imide groups is 2. The number of hydrogen-bond acceptors (Lipinski definition) is 12. The maximum Gasteiger partial charge on any atom is 0.338 e. The summed E-state index contributed by atoms with van der Waals surface area (Å²) in [5.74, 6) is -1.69. The van der Waals surface area contributed by atoms with Crippen LogP contribution in [0.25, 0.3) is 0 Å². The highest BCUT2D eigenvalue weighted by Crippen LogP contribution is 2.32. The van der Waals surface area contributed by atoms with Crippen molar-refractivity contribution in [2.45, 2.75) is 84.8 Å². The Kier molecular flexibility index (Phi) is 54.9. The van der Waals surface area contributed by atoms with Crippen LogP contribution in [0.2, 0.25) is 0 Å². The van der Waals surface area contributed by atoms with Gasteiger partial charge in [-0.05, 0) is 67.9 Å². The van der Waals surface area contributed by atoms with E-state index in [1.165, 1.54) is 56.3 Å². The second-order valence-corrected chi connectivity index (χ2v) is 51.8. The van der Waals surface area contributed by atoms with Crippen molar-refractivity contribution < 1.29 is 33.5 Å². The van der Waals surface area contributed by atoms with Gasteiger partial charge in [-0.25, -0.2) is 4.79 Å². The van der Waals surface area contributed by atoms with E-state index in [9.17, 15) is 28.8 Å². The summed E-state index contributed by atoms with van der Waals surface area (Å²) in [6, 6.07) is 11.6. The SMILES string of the molecule is C.CC#N.CCN(CC)CC.COC(=O)c1cccc(Br)c1CBr.NC1CCC(=O)NC1=O.O=C1CCC(N2Cc3c(Br)cccc3C2=O)C(=O)N1.S=S=S=S=S=S=S=S=S=S=S=S=S=S=S=S=S=S=S=S=S=S=S. The number of nitrogens with one attached hydrogen (secondary N) is 2. The lowest BCUT2D eigenvalue weighted by Gasteiger charge is -2.29. The molecule has 3 heterocycles. The van der Waals surface area contributed by atoms with Crippen LogP contribution in [0.5, 0.6) is 0 Å². The highest BCUT2D eigenvalue weighted by atomic mass is 79.9. The summed E-state index contributed by atoms with van der Waals surface area (Å²) in [5, 5.41) is 12.4. The lowest BCUT2D eigenvalue weighted by molar-refractivity contribution is -0.137. The fourth-order valence-electron chi connectivity index (χ4n) is 5.14. The highest BCUT2D eigenvalue weighted by Gasteiger charge is 2.39. The molecule has 2 unspecified atom stereocenters. The van der Waals surface area contributed by atoms with Gasteiger partial charge in [0.25, 0.3) is 5.91 Å². The van der Waals surface area contributed by atoms with Crippen molar-refractivity contribution in [3.05, 3.63) is 67.6 Å². The Morgan fingerprint density at radius 1 is 0.720 bits per heavy atom. The Balaban J connectivity index is 0. The zero-order chi connectivity index (χ0) is 55.5. The Morgan fingerprint density at radius 3 is 1.47 bits per heavy atom. The smallest absolute Gasteiger partial charge is 0.338 e. The van der Waals surface area contributed by atoms with E-state index in [1.54, 1.807) is 166 Å². The number of carbonyl (C=O) groups excluding carboxylic acids is 6. The fraction of sp³-hybridized carbons (Fsp3) is 0.472. The number of nitrogens with two attached hydrogens (primary N) is 1. The molecule has 0 spiro atoms. The molecule has 5 rings (SSSR count). The lowest BCUT2D eigenvalue weighted by atomic mass is 10.0. The summed E-state index contributed by atoms with van der Waals surface area (Å²) in [6.07, 6.45) is 1.51. The summed E-state index contributed by atoms with van der Waals surface area (Å²) in [4.78, 5) is 71.5. The van der Waals surface area contributed by atoms with Crippen molar-refractivity contribution in [1.82, 2.24) is 20.4 Å². The third-order valence-corrected chi connectivity index (χ3v) is 54.9. The van der Waals surface area contributed by atoms with Gasteiger partial charge in [0.2, 0.25) is 23.6 Å². The fourth-order valence-corrected chi connectivity index (χ4v) is 59.3. The van der Waals surface area contributed by atoms with Crippen LogP contribution >= 0.6 is 47.8 Å². The molecule has 2 fully saturated rings. The number of rotatable bonds is 6. The maximum absolute atomic E-state index is 12.3. The van der Waals surface area contributed by atoms with Gasteiger partial charge in [0.15, 0.2) is 0 Å². The van der Waals surface area contributed by atoms with Gasteiger partial charge < -0.3 is 20.3 Å². The van der Waals surface area contributed by atoms with Gasteiger partial charge in [0.1, 0.15) is 6.04 Å². The van der Waals surface area contributed by atoms with Gasteiger partial charge in [0, 0.05) is 255 Å². The average Bonchev–Trinajstić information content (AvgIpc) is 3.73. The van der Waals surface area contributed by atoms with Crippen LogP contribution in [0, 0.1) is 11.3 Å². The molecule has 3 aliphatic rings. The third-order valence-electron chi connectivity index (χ3n) is 8.36. The molecule has 2 saturated heterocycles. The summed E-state index contributed by atoms with van der Waals surface area (Å²) < 4.78 is 6.43. The maximum atomic E-state index is 12.3. The predicted octanol–water partition coefficient (Wildman–Crippen LogP) is 5.55. The van der Waals surface area contributed by atoms with Gasteiger partial charge in [-0.3, -0.25) is 34.6 Å². The van der Waals surface area contributed by atoms with Gasteiger partial charge in [-0.2, -0.15) is 5.26 Å². The molecule has 2 aromatic rings. The van der Waals surface area contributed by atoms with Crippen molar-refractivity contribution in [3.63, 3.8) is 0 Å². The molecule has 13 nitrogen and oxygen atoms in total. The Morgan fingerprint density at radius 2 is 1.12 bits per heavy atom. The van der Waals surface area contributed by atoms with Crippen LogP contribution < -0.4 is 16.4 Å². The second-order valence-electron chi connectivity index (χ2n) is 12.4. The van der Waals surface area contributed by atoms with Crippen molar-refractivity contribution in [3.8, 4) is 6.07 Å². The number of esters is 1. The molecule has 0 aromatic heterocycles. The first-order valence-electron chi connectivity index (χ1n) is 19.9. The van der Waals surface area contributed by atoms with E-state index in [0.717, 1.165) is 20.1 Å². The molecule has 0 radical (unpaired) electrons. The van der Waals surface area contributed by atoms with Crippen LogP contribution in [0.3, 0.4) is 0 Å². The number of amides is 5. The van der Waals surface area contributed by atoms with E-state index in [4.69, 9.17) is 33.4 Å². The summed E-state index contributed by atoms with van der Waals surface area (Å²) >= 11 is 19.6. The number of benzene rings is 2. The van der Waals surface area contributed by atoms with E-state index in [0.29, 0.717) is 42.3 Å². The number of nitriles is 1. The number of methoxy groups -OCH3 is 1. The number of hydrogen-bond donors (Lipinski definition) is 3. The molecule has 0 aliphatic carbocycles. The van der Waals surface area contributed by atoms with Crippen molar-refractivity contribution in [1.29, 1.82) is 5.26 Å². The third kappa shape index (κ3) is 36.7. The van der Waals surface area contributed by atoms with E-state index >= 15 is 0 Å². The molecule has 5 amide bonds. The lowest BCUT2D eigenvalue weighted by Crippen LogP contribution is -2.52. The average molecular weight is 1660 g/mol. The number of ether oxygens (including phenoxy) is 1. The van der Waals surface area contributed by atoms with Crippen LogP contribution in [0.1, 0.15) is 92.6 Å². The molecule has 2 aromatic carbocycles. The Bertz CT molecular complexity index is 3240. The Labute approximate surface area is 533 Å². The van der Waals surface area contributed by atoms with Gasteiger partial charge in [-0.1, -0.05) is 88.1 Å². The standard InChI is InChI=1S/C13H11BrN2O3.C9H8Br2O2.C6H15N.C5H8N2O2.C2H3N.CH4.S23/c14-9-3-1-2-7-8(9)6-16(13(7)19)10-4-5-11(17)15-12(10)18;1-13-9(12)6-3-2-4-8(11)7(6)5-10;1-4-7(5-2)6-3;6-3-1-2-4(8)7-5(3)9;1-2-3;;1-3-5-7-9-11-13-15-17-19-21-23-22-20-18-16-14-12-10-8-6-4-2/h1-3,10H,4-6H2,(H,15,17,18);2-4H,5H2,1H3;4-6H2,1-3H3;3H,1-2,6H2,(H,7,8,9);1H3;1H4;. The summed E-state index contributed by atoms with van der Waals surface area (Å²) in [7, 11) is 37.7. The van der Waals surface area contributed by atoms with Crippen LogP contribution in [0.15, 0.2) is 45.3 Å². The molecule has 0 saturated carbocycles. The largest absolute Gasteiger partial charge is 0.465 e. The number of halogens is 3. The molecular weight excluding hydrogens is 1610 g/mol. The number of nitrogens with zero attached hydrogens (tertiary/aromatic N) is 3. The highest BCUT2D eigenvalue weighted by molar-refractivity contribution is 9.11. The van der Waals surface area contributed by atoms with Gasteiger partial charge >= 0.3 is 5.97 Å². The quantitative estimate of drug-likeness (QED) is 0.186. The van der Waals surface area contributed by atoms with E-state index in [-0.39, 0.29) is 49.4 Å². The van der Waals surface area contributed by atoms with Crippen LogP contribution in [-0.2, 0) is 245 Å². The molecule has 75 heavy (non-hydrogen) atoms. The minimum absolute atomic E-state index is 0. The molecule has 424 valence electrons. The molecule has 2 atom stereocenters. The Hall–Kier alpha value is 1.57. The van der Waals surface area contributed by atoms with Crippen molar-refractivity contribution >= 4 is 292 Å². The number of alkyl halides is 1. The first-order chi connectivity index (χ1) is 35.7. The predicted molar refractivity (Wildman–Crippen MR) is 380 cm³/mol. The minimum atomic E-state index is -0.551. The zero-order valence-corrected chi connectivity index (χ0v) is 62.3. The molecular formula is C36H49Br3N6O7S23. The summed E-state index contributed by atoms with van der Waals surface area (Å²) in [5.41, 5.74) is 8.30. The van der Waals surface area contributed by atoms with Gasteiger partial charge in [0.05, 0.1) is 24.8 Å². The zero-order valence-electron chi connectivity index (χ0n) is 38.8. The first kappa shape index (κ1) is 78.6. The van der Waals surface area contributed by atoms with Gasteiger partial charge in [-0.15, -0.1) is 0 Å². The number of carbonyl (C=O) groups is 6. The monoisotopic (exact) mass is 1650 g/mol. The topological polar surface area (TPSA) is 192 Å². The van der Waals surface area contributed by atoms with Crippen LogP contribution in [-0.4, -0.2) is 84.1 Å². The van der Waals surface area contributed by atoms with E-state index in [1.807, 2.05) is 44.8 Å². The van der Waals surface area contributed by atoms with E-state index < -0.39 is 12.1 Å². The van der Waals surface area contributed by atoms with Crippen LogP contribution in [0.4, 0.5) is 0 Å². The molecule has 4 N–H and O–H groups in total. The number of fused-ring (bicyclic) bond motifs is 1. The second kappa shape index (κ2) is 52.4. The number of piperidine rings is 2. The molecule has 0 bridgehead atoms. The van der Waals surface area contributed by atoms with E-state index in [2.05, 4.69) is 88.8 Å². The minimum Gasteiger partial charge on any atom is -0.465 e. The normalized spacial score (nSPS) is 14.1. The summed E-state index contributed by atoms with van der Waals surface area (Å²) in [6.45, 7) is 12.0. The van der Waals surface area contributed by atoms with Crippen molar-refractivity contribution in [2.75, 3.05) is 26.7 Å².